The fourth-order valence-corrected chi connectivity index (χ4v) is 2.24. The number of thiazole rings is 1. The Balaban J connectivity index is 1.76. The zero-order valence-corrected chi connectivity index (χ0v) is 9.42. The van der Waals surface area contributed by atoms with Gasteiger partial charge in [0.05, 0.1) is 6.54 Å². The van der Waals surface area contributed by atoms with E-state index in [1.807, 2.05) is 10.3 Å². The molecule has 0 aliphatic carbocycles. The standard InChI is InChI=1S/C10H15N3OS/c14-9(13-5-2-1-3-6-13)8-12-10-11-4-7-15-10/h4,7H,1-3,5-6,8H2,(H,11,12). The molecule has 1 amide bonds. The van der Waals surface area contributed by atoms with Crippen molar-refractivity contribution in [3.8, 4) is 0 Å². The molecule has 1 aromatic rings. The van der Waals surface area contributed by atoms with Crippen LogP contribution in [0.5, 0.6) is 0 Å². The van der Waals surface area contributed by atoms with Crippen LogP contribution in [0.15, 0.2) is 11.6 Å². The molecular weight excluding hydrogens is 210 g/mol. The smallest absolute Gasteiger partial charge is 0.241 e. The number of anilines is 1. The van der Waals surface area contributed by atoms with E-state index < -0.39 is 0 Å². The number of likely N-dealkylation sites (tertiary alicyclic amines) is 1. The number of piperidine rings is 1. The molecule has 1 aliphatic rings. The van der Waals surface area contributed by atoms with Gasteiger partial charge in [-0.25, -0.2) is 4.98 Å². The van der Waals surface area contributed by atoms with Gasteiger partial charge in [0.15, 0.2) is 5.13 Å². The first-order chi connectivity index (χ1) is 7.36. The first-order valence-electron chi connectivity index (χ1n) is 5.27. The molecule has 0 radical (unpaired) electrons. The number of hydrogen-bond acceptors (Lipinski definition) is 4. The molecule has 5 heteroatoms. The van der Waals surface area contributed by atoms with Crippen LogP contribution < -0.4 is 5.32 Å². The molecule has 2 heterocycles. The Hall–Kier alpha value is -1.10. The molecule has 0 spiro atoms. The molecule has 1 aromatic heterocycles. The second-order valence-corrected chi connectivity index (χ2v) is 4.53. The lowest BCUT2D eigenvalue weighted by Gasteiger charge is -2.26. The zero-order valence-electron chi connectivity index (χ0n) is 8.61. The van der Waals surface area contributed by atoms with Crippen LogP contribution in [-0.2, 0) is 4.79 Å². The van der Waals surface area contributed by atoms with Crippen molar-refractivity contribution in [2.24, 2.45) is 0 Å². The van der Waals surface area contributed by atoms with Gasteiger partial charge in [0, 0.05) is 24.7 Å². The molecule has 0 saturated carbocycles. The molecule has 1 fully saturated rings. The van der Waals surface area contributed by atoms with Crippen molar-refractivity contribution >= 4 is 22.4 Å². The lowest BCUT2D eigenvalue weighted by molar-refractivity contribution is -0.130. The Morgan fingerprint density at radius 1 is 1.47 bits per heavy atom. The van der Waals surface area contributed by atoms with Gasteiger partial charge in [0.2, 0.25) is 5.91 Å². The Labute approximate surface area is 93.3 Å². The molecule has 0 unspecified atom stereocenters. The fourth-order valence-electron chi connectivity index (χ4n) is 1.72. The summed E-state index contributed by atoms with van der Waals surface area (Å²) in [7, 11) is 0. The average Bonchev–Trinajstić information content (AvgIpc) is 2.80. The zero-order chi connectivity index (χ0) is 10.5. The maximum absolute atomic E-state index is 11.7. The van der Waals surface area contributed by atoms with E-state index in [2.05, 4.69) is 10.3 Å². The van der Waals surface area contributed by atoms with Crippen molar-refractivity contribution in [2.75, 3.05) is 25.0 Å². The molecule has 1 N–H and O–H groups in total. The van der Waals surface area contributed by atoms with Gasteiger partial charge in [0.1, 0.15) is 0 Å². The summed E-state index contributed by atoms with van der Waals surface area (Å²) in [6.45, 7) is 2.20. The number of carbonyl (C=O) groups is 1. The van der Waals surface area contributed by atoms with Crippen molar-refractivity contribution in [3.05, 3.63) is 11.6 Å². The molecular formula is C10H15N3OS. The van der Waals surface area contributed by atoms with Crippen LogP contribution in [0.3, 0.4) is 0 Å². The van der Waals surface area contributed by atoms with Crippen LogP contribution >= 0.6 is 11.3 Å². The van der Waals surface area contributed by atoms with Crippen LogP contribution in [0.1, 0.15) is 19.3 Å². The minimum absolute atomic E-state index is 0.185. The Kier molecular flexibility index (Phi) is 3.55. The number of rotatable bonds is 3. The number of amides is 1. The van der Waals surface area contributed by atoms with Crippen LogP contribution in [0.25, 0.3) is 0 Å². The highest BCUT2D eigenvalue weighted by Gasteiger charge is 2.15. The van der Waals surface area contributed by atoms with Gasteiger partial charge in [0.25, 0.3) is 0 Å². The lowest BCUT2D eigenvalue weighted by atomic mass is 10.1. The summed E-state index contributed by atoms with van der Waals surface area (Å²) >= 11 is 1.52. The van der Waals surface area contributed by atoms with Crippen LogP contribution in [0.2, 0.25) is 0 Å². The summed E-state index contributed by atoms with van der Waals surface area (Å²) in [5.74, 6) is 0.185. The molecule has 15 heavy (non-hydrogen) atoms. The van der Waals surface area contributed by atoms with Crippen molar-refractivity contribution in [3.63, 3.8) is 0 Å². The quantitative estimate of drug-likeness (QED) is 0.849. The third-order valence-corrected chi connectivity index (χ3v) is 3.26. The minimum Gasteiger partial charge on any atom is -0.352 e. The Morgan fingerprint density at radius 2 is 2.27 bits per heavy atom. The number of aromatic nitrogens is 1. The van der Waals surface area contributed by atoms with E-state index in [1.54, 1.807) is 6.20 Å². The summed E-state index contributed by atoms with van der Waals surface area (Å²) < 4.78 is 0. The monoisotopic (exact) mass is 225 g/mol. The second-order valence-electron chi connectivity index (χ2n) is 3.63. The minimum atomic E-state index is 0.185. The third kappa shape index (κ3) is 2.92. The van der Waals surface area contributed by atoms with Crippen molar-refractivity contribution < 1.29 is 4.79 Å². The normalized spacial score (nSPS) is 16.4. The first-order valence-corrected chi connectivity index (χ1v) is 6.15. The topological polar surface area (TPSA) is 45.2 Å². The van der Waals surface area contributed by atoms with Gasteiger partial charge < -0.3 is 10.2 Å². The van der Waals surface area contributed by atoms with Crippen LogP contribution in [0, 0.1) is 0 Å². The third-order valence-electron chi connectivity index (χ3n) is 2.53. The van der Waals surface area contributed by atoms with Gasteiger partial charge >= 0.3 is 0 Å². The maximum atomic E-state index is 11.7. The SMILES string of the molecule is O=C(CNc1nccs1)N1CCCCC1. The van der Waals surface area contributed by atoms with E-state index in [0.29, 0.717) is 6.54 Å². The Morgan fingerprint density at radius 3 is 2.93 bits per heavy atom. The predicted molar refractivity (Wildman–Crippen MR) is 61.0 cm³/mol. The van der Waals surface area contributed by atoms with Gasteiger partial charge in [-0.15, -0.1) is 11.3 Å². The predicted octanol–water partition coefficient (Wildman–Crippen LogP) is 1.57. The highest BCUT2D eigenvalue weighted by molar-refractivity contribution is 7.13. The van der Waals surface area contributed by atoms with Crippen molar-refractivity contribution in [1.29, 1.82) is 0 Å². The van der Waals surface area contributed by atoms with Crippen LogP contribution in [0.4, 0.5) is 5.13 Å². The Bertz CT molecular complexity index is 306. The van der Waals surface area contributed by atoms with Gasteiger partial charge in [-0.05, 0) is 19.3 Å². The van der Waals surface area contributed by atoms with Gasteiger partial charge in [-0.1, -0.05) is 0 Å². The average molecular weight is 225 g/mol. The molecule has 0 atom stereocenters. The summed E-state index contributed by atoms with van der Waals surface area (Å²) in [5.41, 5.74) is 0. The number of nitrogens with zero attached hydrogens (tertiary/aromatic N) is 2. The van der Waals surface area contributed by atoms with Crippen molar-refractivity contribution in [2.45, 2.75) is 19.3 Å². The molecule has 0 bridgehead atoms. The molecule has 0 aromatic carbocycles. The number of carbonyl (C=O) groups excluding carboxylic acids is 1. The van der Waals surface area contributed by atoms with E-state index in [0.717, 1.165) is 31.1 Å². The molecule has 2 rings (SSSR count). The molecule has 82 valence electrons. The lowest BCUT2D eigenvalue weighted by Crippen LogP contribution is -2.39. The summed E-state index contributed by atoms with van der Waals surface area (Å²) in [6, 6.07) is 0. The van der Waals surface area contributed by atoms with E-state index in [4.69, 9.17) is 0 Å². The summed E-state index contributed by atoms with van der Waals surface area (Å²) in [4.78, 5) is 17.7. The number of hydrogen-bond donors (Lipinski definition) is 1. The molecule has 4 nitrogen and oxygen atoms in total. The number of nitrogens with one attached hydrogen (secondary N) is 1. The van der Waals surface area contributed by atoms with E-state index in [1.165, 1.54) is 17.8 Å². The highest BCUT2D eigenvalue weighted by atomic mass is 32.1. The highest BCUT2D eigenvalue weighted by Crippen LogP contribution is 2.11. The van der Waals surface area contributed by atoms with E-state index >= 15 is 0 Å². The van der Waals surface area contributed by atoms with Crippen molar-refractivity contribution in [1.82, 2.24) is 9.88 Å². The van der Waals surface area contributed by atoms with Gasteiger partial charge in [-0.2, -0.15) is 0 Å². The molecule has 1 aliphatic heterocycles. The largest absolute Gasteiger partial charge is 0.352 e. The maximum Gasteiger partial charge on any atom is 0.241 e. The summed E-state index contributed by atoms with van der Waals surface area (Å²) in [6.07, 6.45) is 5.27. The first kappa shape index (κ1) is 10.4. The molecule has 1 saturated heterocycles. The fraction of sp³-hybridized carbons (Fsp3) is 0.600. The second kappa shape index (κ2) is 5.11. The van der Waals surface area contributed by atoms with E-state index in [9.17, 15) is 4.79 Å². The van der Waals surface area contributed by atoms with Gasteiger partial charge in [-0.3, -0.25) is 4.79 Å². The van der Waals surface area contributed by atoms with Crippen LogP contribution in [-0.4, -0.2) is 35.4 Å². The van der Waals surface area contributed by atoms with E-state index in [-0.39, 0.29) is 5.91 Å². The summed E-state index contributed by atoms with van der Waals surface area (Å²) in [5, 5.41) is 5.75.